The summed E-state index contributed by atoms with van der Waals surface area (Å²) in [5.74, 6) is -0.818. The van der Waals surface area contributed by atoms with Gasteiger partial charge in [-0.05, 0) is 86.2 Å². The summed E-state index contributed by atoms with van der Waals surface area (Å²) < 4.78 is 22.3. The second kappa shape index (κ2) is 13.4. The molecule has 5 aromatic rings. The van der Waals surface area contributed by atoms with Gasteiger partial charge in [-0.3, -0.25) is 19.1 Å². The van der Waals surface area contributed by atoms with Gasteiger partial charge in [0.2, 0.25) is 0 Å². The van der Waals surface area contributed by atoms with Gasteiger partial charge in [0, 0.05) is 35.4 Å². The minimum atomic E-state index is -0.691. The van der Waals surface area contributed by atoms with Crippen molar-refractivity contribution in [3.05, 3.63) is 121 Å². The molecule has 1 N–H and O–H groups in total. The number of rotatable bonds is 9. The molecule has 0 saturated heterocycles. The highest BCUT2D eigenvalue weighted by atomic mass is 35.5. The van der Waals surface area contributed by atoms with Crippen LogP contribution in [0.25, 0.3) is 27.7 Å². The highest BCUT2D eigenvalue weighted by Crippen LogP contribution is 2.35. The summed E-state index contributed by atoms with van der Waals surface area (Å²) >= 11 is 6.64. The summed E-state index contributed by atoms with van der Waals surface area (Å²) in [6, 6.07) is 15.6. The molecular weight excluding hydrogens is 611 g/mol. The highest BCUT2D eigenvalue weighted by molar-refractivity contribution is 6.33. The molecule has 1 amide bonds. The third kappa shape index (κ3) is 6.40. The van der Waals surface area contributed by atoms with Gasteiger partial charge in [0.25, 0.3) is 11.5 Å². The van der Waals surface area contributed by atoms with Crippen LogP contribution >= 0.6 is 11.6 Å². The van der Waals surface area contributed by atoms with Crippen LogP contribution < -0.4 is 21.3 Å². The Morgan fingerprint density at radius 1 is 1.11 bits per heavy atom. The first-order valence-corrected chi connectivity index (χ1v) is 14.6. The molecule has 0 fully saturated rings. The summed E-state index contributed by atoms with van der Waals surface area (Å²) in [4.78, 5) is 47.3. The molecule has 12 heteroatoms. The Hall–Kier alpha value is -5.31. The number of hydrogen-bond donors (Lipinski definition) is 1. The molecule has 0 spiro atoms. The first-order valence-electron chi connectivity index (χ1n) is 14.2. The van der Waals surface area contributed by atoms with E-state index in [2.05, 4.69) is 10.3 Å². The van der Waals surface area contributed by atoms with Crippen LogP contribution in [0.2, 0.25) is 5.02 Å². The van der Waals surface area contributed by atoms with E-state index in [1.807, 2.05) is 25.1 Å². The molecule has 10 nitrogen and oxygen atoms in total. The summed E-state index contributed by atoms with van der Waals surface area (Å²) in [7, 11) is 5.22. The van der Waals surface area contributed by atoms with Crippen LogP contribution in [0.3, 0.4) is 0 Å². The number of methoxy groups -OCH3 is 1. The maximum Gasteiger partial charge on any atom is 0.336 e. The molecule has 2 heterocycles. The molecule has 0 radical (unpaired) electrons. The maximum atomic E-state index is 14.2. The zero-order chi connectivity index (χ0) is 33.1. The monoisotopic (exact) mass is 640 g/mol. The standard InChI is InChI=1S/C34H30ClFN6O4/c1-20-11-25(18-38-17-20)42-33(44)31-29(41(34(42)45)19-21-5-8-28(36)24(12-21)16-37)14-23(15-30(31)46-4)26-13-22(6-7-27(26)35)32(43)39-9-10-40(2)3/h5-8,11-15,17-18H,9-10,19H2,1-4H3,(H,39,43). The first kappa shape index (κ1) is 32.1. The molecule has 0 aliphatic carbocycles. The van der Waals surface area contributed by atoms with Crippen molar-refractivity contribution in [2.45, 2.75) is 13.5 Å². The lowest BCUT2D eigenvalue weighted by Gasteiger charge is -2.18. The Labute approximate surface area is 268 Å². The number of nitrogens with zero attached hydrogens (tertiary/aromatic N) is 5. The lowest BCUT2D eigenvalue weighted by Crippen LogP contribution is -2.39. The number of carbonyl (C=O) groups is 1. The molecule has 0 aliphatic rings. The van der Waals surface area contributed by atoms with Crippen LogP contribution in [-0.4, -0.2) is 59.2 Å². The van der Waals surface area contributed by atoms with Gasteiger partial charge in [0.05, 0.1) is 36.6 Å². The van der Waals surface area contributed by atoms with Gasteiger partial charge in [-0.15, -0.1) is 0 Å². The molecule has 5 rings (SSSR count). The van der Waals surface area contributed by atoms with E-state index >= 15 is 0 Å². The molecule has 0 bridgehead atoms. The molecule has 0 unspecified atom stereocenters. The molecule has 3 aromatic carbocycles. The van der Waals surface area contributed by atoms with Crippen molar-refractivity contribution in [2.24, 2.45) is 0 Å². The number of halogens is 2. The lowest BCUT2D eigenvalue weighted by atomic mass is 10.00. The van der Waals surface area contributed by atoms with Gasteiger partial charge in [-0.2, -0.15) is 5.26 Å². The average molecular weight is 641 g/mol. The molecule has 234 valence electrons. The fourth-order valence-electron chi connectivity index (χ4n) is 5.13. The molecule has 0 atom stereocenters. The summed E-state index contributed by atoms with van der Waals surface area (Å²) in [5.41, 5.74) is 1.46. The number of aryl methyl sites for hydroxylation is 1. The number of hydrogen-bond acceptors (Lipinski definition) is 7. The van der Waals surface area contributed by atoms with Gasteiger partial charge in [-0.1, -0.05) is 17.7 Å². The molecule has 0 aliphatic heterocycles. The quantitative estimate of drug-likeness (QED) is 0.251. The fourth-order valence-corrected chi connectivity index (χ4v) is 5.36. The Bertz CT molecular complexity index is 2150. The summed E-state index contributed by atoms with van der Waals surface area (Å²) in [6.07, 6.45) is 3.01. The van der Waals surface area contributed by atoms with E-state index < -0.39 is 17.1 Å². The van der Waals surface area contributed by atoms with Gasteiger partial charge < -0.3 is 15.0 Å². The van der Waals surface area contributed by atoms with Gasteiger partial charge in [0.15, 0.2) is 0 Å². The Balaban J connectivity index is 1.77. The lowest BCUT2D eigenvalue weighted by molar-refractivity contribution is 0.0951. The number of nitriles is 1. The minimum absolute atomic E-state index is 0.101. The number of likely N-dealkylation sites (N-methyl/N-ethyl adjacent to an activating group) is 1. The van der Waals surface area contributed by atoms with Crippen molar-refractivity contribution >= 4 is 28.4 Å². The Morgan fingerprint density at radius 2 is 1.89 bits per heavy atom. The van der Waals surface area contributed by atoms with Crippen molar-refractivity contribution in [1.29, 1.82) is 5.26 Å². The highest BCUT2D eigenvalue weighted by Gasteiger charge is 2.22. The van der Waals surface area contributed by atoms with Gasteiger partial charge >= 0.3 is 5.69 Å². The van der Waals surface area contributed by atoms with Crippen molar-refractivity contribution in [2.75, 3.05) is 34.3 Å². The SMILES string of the molecule is COc1cc(-c2cc(C(=O)NCCN(C)C)ccc2Cl)cc2c1c(=O)n(-c1cncc(C)c1)c(=O)n2Cc1ccc(F)c(C#N)c1. The van der Waals surface area contributed by atoms with Gasteiger partial charge in [-0.25, -0.2) is 13.8 Å². The number of aromatic nitrogens is 3. The molecule has 46 heavy (non-hydrogen) atoms. The number of ether oxygens (including phenoxy) is 1. The maximum absolute atomic E-state index is 14.2. The second-order valence-corrected chi connectivity index (χ2v) is 11.4. The Kier molecular flexibility index (Phi) is 9.32. The van der Waals surface area contributed by atoms with Crippen LogP contribution in [0.15, 0.2) is 76.6 Å². The van der Waals surface area contributed by atoms with Crippen LogP contribution in [0.1, 0.15) is 27.0 Å². The number of amides is 1. The van der Waals surface area contributed by atoms with Crippen LogP contribution in [0.5, 0.6) is 5.75 Å². The van der Waals surface area contributed by atoms with Crippen LogP contribution in [0.4, 0.5) is 4.39 Å². The van der Waals surface area contributed by atoms with Crippen molar-refractivity contribution < 1.29 is 13.9 Å². The van der Waals surface area contributed by atoms with Crippen molar-refractivity contribution in [3.63, 3.8) is 0 Å². The predicted octanol–water partition coefficient (Wildman–Crippen LogP) is 4.54. The first-order chi connectivity index (χ1) is 22.0. The molecular formula is C34H30ClFN6O4. The van der Waals surface area contributed by atoms with E-state index in [4.69, 9.17) is 16.3 Å². The topological polar surface area (TPSA) is 122 Å². The average Bonchev–Trinajstić information content (AvgIpc) is 3.03. The summed E-state index contributed by atoms with van der Waals surface area (Å²) in [5, 5.41) is 12.7. The molecule has 0 saturated carbocycles. The fraction of sp³-hybridized carbons (Fsp3) is 0.206. The largest absolute Gasteiger partial charge is 0.496 e. The number of benzene rings is 3. The second-order valence-electron chi connectivity index (χ2n) is 11.0. The van der Waals surface area contributed by atoms with Crippen molar-refractivity contribution in [3.8, 4) is 28.6 Å². The van der Waals surface area contributed by atoms with Crippen LogP contribution in [-0.2, 0) is 6.54 Å². The normalized spacial score (nSPS) is 11.1. The Morgan fingerprint density at radius 3 is 2.59 bits per heavy atom. The smallest absolute Gasteiger partial charge is 0.336 e. The third-order valence-corrected chi connectivity index (χ3v) is 7.76. The van der Waals surface area contributed by atoms with E-state index in [0.717, 1.165) is 16.2 Å². The van der Waals surface area contributed by atoms with Crippen LogP contribution in [0, 0.1) is 24.1 Å². The van der Waals surface area contributed by atoms with E-state index in [-0.39, 0.29) is 40.4 Å². The zero-order valence-corrected chi connectivity index (χ0v) is 26.4. The summed E-state index contributed by atoms with van der Waals surface area (Å²) in [6.45, 7) is 2.78. The van der Waals surface area contributed by atoms with Crippen molar-refractivity contribution in [1.82, 2.24) is 24.3 Å². The third-order valence-electron chi connectivity index (χ3n) is 7.43. The van der Waals surface area contributed by atoms with E-state index in [1.165, 1.54) is 30.0 Å². The number of fused-ring (bicyclic) bond motifs is 1. The molecule has 2 aromatic heterocycles. The van der Waals surface area contributed by atoms with E-state index in [0.29, 0.717) is 40.4 Å². The van der Waals surface area contributed by atoms with E-state index in [1.54, 1.807) is 49.5 Å². The number of carbonyl (C=O) groups excluding carboxylic acids is 1. The minimum Gasteiger partial charge on any atom is -0.496 e. The zero-order valence-electron chi connectivity index (χ0n) is 25.6. The number of nitrogens with one attached hydrogen (secondary N) is 1. The number of pyridine rings is 1. The van der Waals surface area contributed by atoms with E-state index in [9.17, 15) is 24.0 Å². The predicted molar refractivity (Wildman–Crippen MR) is 174 cm³/mol. The van der Waals surface area contributed by atoms with Gasteiger partial charge in [0.1, 0.15) is 23.0 Å².